The highest BCUT2D eigenvalue weighted by Gasteiger charge is 2.32. The first-order valence-corrected chi connectivity index (χ1v) is 5.38. The van der Waals surface area contributed by atoms with Crippen LogP contribution in [0.4, 0.5) is 13.2 Å². The molecule has 0 radical (unpaired) electrons. The maximum atomic E-state index is 12.5. The van der Waals surface area contributed by atoms with Gasteiger partial charge in [-0.2, -0.15) is 13.2 Å². The standard InChI is InChI=1S/C12H13F3O4/c1-6-4-7(2-3-8(6)12(13,14)15)11(19)9(16)5-10(17)18/h2-4,9,11,16,19H,5H2,1H3,(H,17,18). The Morgan fingerprint density at radius 3 is 2.32 bits per heavy atom. The van der Waals surface area contributed by atoms with Crippen LogP contribution in [0.3, 0.4) is 0 Å². The Labute approximate surface area is 107 Å². The number of alkyl halides is 3. The lowest BCUT2D eigenvalue weighted by Crippen LogP contribution is -2.22. The Hall–Kier alpha value is -1.60. The number of aryl methyl sites for hydroxylation is 1. The van der Waals surface area contributed by atoms with E-state index in [1.807, 2.05) is 0 Å². The van der Waals surface area contributed by atoms with Crippen LogP contribution in [0.5, 0.6) is 0 Å². The third-order valence-corrected chi connectivity index (χ3v) is 2.65. The summed E-state index contributed by atoms with van der Waals surface area (Å²) < 4.78 is 37.6. The molecule has 3 N–H and O–H groups in total. The number of hydrogen-bond acceptors (Lipinski definition) is 3. The molecular formula is C12H13F3O4. The molecule has 7 heteroatoms. The van der Waals surface area contributed by atoms with E-state index in [1.165, 1.54) is 6.92 Å². The third-order valence-electron chi connectivity index (χ3n) is 2.65. The largest absolute Gasteiger partial charge is 0.481 e. The van der Waals surface area contributed by atoms with Crippen molar-refractivity contribution in [1.82, 2.24) is 0 Å². The van der Waals surface area contributed by atoms with Crippen LogP contribution >= 0.6 is 0 Å². The fourth-order valence-electron chi connectivity index (χ4n) is 1.70. The summed E-state index contributed by atoms with van der Waals surface area (Å²) in [5.74, 6) is -1.31. The van der Waals surface area contributed by atoms with Crippen molar-refractivity contribution in [2.24, 2.45) is 0 Å². The smallest absolute Gasteiger partial charge is 0.416 e. The highest BCUT2D eigenvalue weighted by Crippen LogP contribution is 2.33. The normalized spacial score (nSPS) is 15.1. The second-order valence-corrected chi connectivity index (χ2v) is 4.18. The summed E-state index contributed by atoms with van der Waals surface area (Å²) in [4.78, 5) is 10.4. The van der Waals surface area contributed by atoms with E-state index < -0.39 is 36.3 Å². The average Bonchev–Trinajstić information content (AvgIpc) is 2.25. The average molecular weight is 278 g/mol. The van der Waals surface area contributed by atoms with E-state index in [2.05, 4.69) is 0 Å². The highest BCUT2D eigenvalue weighted by atomic mass is 19.4. The molecule has 0 saturated carbocycles. The van der Waals surface area contributed by atoms with Gasteiger partial charge in [-0.1, -0.05) is 12.1 Å². The predicted octanol–water partition coefficient (Wildman–Crippen LogP) is 1.88. The van der Waals surface area contributed by atoms with Crippen LogP contribution in [0.25, 0.3) is 0 Å². The van der Waals surface area contributed by atoms with Gasteiger partial charge in [-0.25, -0.2) is 0 Å². The Morgan fingerprint density at radius 2 is 1.89 bits per heavy atom. The predicted molar refractivity (Wildman–Crippen MR) is 59.4 cm³/mol. The maximum absolute atomic E-state index is 12.5. The molecule has 106 valence electrons. The molecule has 0 saturated heterocycles. The highest BCUT2D eigenvalue weighted by molar-refractivity contribution is 5.67. The zero-order chi connectivity index (χ0) is 14.8. The number of hydrogen-bond donors (Lipinski definition) is 3. The Bertz CT molecular complexity index is 471. The van der Waals surface area contributed by atoms with Crippen LogP contribution in [-0.2, 0) is 11.0 Å². The molecule has 0 amide bonds. The number of benzene rings is 1. The van der Waals surface area contributed by atoms with Crippen LogP contribution in [0.2, 0.25) is 0 Å². The van der Waals surface area contributed by atoms with E-state index in [0.29, 0.717) is 0 Å². The number of aliphatic carboxylic acids is 1. The second kappa shape index (κ2) is 5.58. The van der Waals surface area contributed by atoms with Gasteiger partial charge in [0, 0.05) is 0 Å². The van der Waals surface area contributed by atoms with E-state index in [9.17, 15) is 28.2 Å². The van der Waals surface area contributed by atoms with E-state index in [-0.39, 0.29) is 11.1 Å². The molecule has 0 heterocycles. The molecule has 0 bridgehead atoms. The zero-order valence-electron chi connectivity index (χ0n) is 9.98. The van der Waals surface area contributed by atoms with Gasteiger partial charge in [0.1, 0.15) is 6.10 Å². The summed E-state index contributed by atoms with van der Waals surface area (Å²) in [6.07, 6.45) is -8.31. The first kappa shape index (κ1) is 15.5. The lowest BCUT2D eigenvalue weighted by Gasteiger charge is -2.18. The number of aliphatic hydroxyl groups excluding tert-OH is 2. The molecule has 2 unspecified atom stereocenters. The van der Waals surface area contributed by atoms with Gasteiger partial charge in [-0.15, -0.1) is 0 Å². The summed E-state index contributed by atoms with van der Waals surface area (Å²) >= 11 is 0. The lowest BCUT2D eigenvalue weighted by atomic mass is 9.97. The van der Waals surface area contributed by atoms with Crippen LogP contribution in [0.1, 0.15) is 29.2 Å². The van der Waals surface area contributed by atoms with Crippen LogP contribution in [-0.4, -0.2) is 27.4 Å². The maximum Gasteiger partial charge on any atom is 0.416 e. The summed E-state index contributed by atoms with van der Waals surface area (Å²) in [5, 5.41) is 27.5. The quantitative estimate of drug-likeness (QED) is 0.786. The van der Waals surface area contributed by atoms with Gasteiger partial charge < -0.3 is 15.3 Å². The fourth-order valence-corrected chi connectivity index (χ4v) is 1.70. The molecule has 4 nitrogen and oxygen atoms in total. The topological polar surface area (TPSA) is 77.8 Å². The molecule has 0 spiro atoms. The van der Waals surface area contributed by atoms with E-state index in [4.69, 9.17) is 5.11 Å². The van der Waals surface area contributed by atoms with Gasteiger partial charge in [0.05, 0.1) is 18.1 Å². The Morgan fingerprint density at radius 1 is 1.32 bits per heavy atom. The molecule has 2 atom stereocenters. The molecule has 1 rings (SSSR count). The van der Waals surface area contributed by atoms with Crippen molar-refractivity contribution in [3.63, 3.8) is 0 Å². The van der Waals surface area contributed by atoms with Gasteiger partial charge in [0.15, 0.2) is 0 Å². The van der Waals surface area contributed by atoms with Crippen molar-refractivity contribution < 1.29 is 33.3 Å². The SMILES string of the molecule is Cc1cc(C(O)C(O)CC(=O)O)ccc1C(F)(F)F. The number of halogens is 3. The minimum absolute atomic E-state index is 0.0410. The fraction of sp³-hybridized carbons (Fsp3) is 0.417. The minimum atomic E-state index is -4.49. The van der Waals surface area contributed by atoms with Crippen molar-refractivity contribution in [2.75, 3.05) is 0 Å². The summed E-state index contributed by atoms with van der Waals surface area (Å²) in [7, 11) is 0. The molecule has 0 aromatic heterocycles. The second-order valence-electron chi connectivity index (χ2n) is 4.18. The van der Waals surface area contributed by atoms with Crippen molar-refractivity contribution in [2.45, 2.75) is 31.7 Å². The van der Waals surface area contributed by atoms with E-state index >= 15 is 0 Å². The number of aliphatic hydroxyl groups is 2. The summed E-state index contributed by atoms with van der Waals surface area (Å²) in [5.41, 5.74) is -0.901. The molecular weight excluding hydrogens is 265 g/mol. The van der Waals surface area contributed by atoms with Gasteiger partial charge >= 0.3 is 12.1 Å². The first-order valence-electron chi connectivity index (χ1n) is 5.38. The molecule has 19 heavy (non-hydrogen) atoms. The molecule has 1 aromatic carbocycles. The monoisotopic (exact) mass is 278 g/mol. The number of carboxylic acid groups (broad SMARTS) is 1. The number of carboxylic acids is 1. The van der Waals surface area contributed by atoms with Gasteiger partial charge in [0.25, 0.3) is 0 Å². The minimum Gasteiger partial charge on any atom is -0.481 e. The van der Waals surface area contributed by atoms with Gasteiger partial charge in [0.2, 0.25) is 0 Å². The molecule has 0 aliphatic carbocycles. The van der Waals surface area contributed by atoms with Gasteiger partial charge in [-0.05, 0) is 24.1 Å². The van der Waals surface area contributed by atoms with Crippen molar-refractivity contribution in [1.29, 1.82) is 0 Å². The Balaban J connectivity index is 2.98. The molecule has 0 aliphatic heterocycles. The molecule has 0 fully saturated rings. The summed E-state index contributed by atoms with van der Waals surface area (Å²) in [6.45, 7) is 1.22. The van der Waals surface area contributed by atoms with E-state index in [0.717, 1.165) is 18.2 Å². The Kier molecular flexibility index (Phi) is 4.54. The summed E-state index contributed by atoms with van der Waals surface area (Å²) in [6, 6.07) is 2.89. The van der Waals surface area contributed by atoms with Crippen LogP contribution in [0, 0.1) is 6.92 Å². The van der Waals surface area contributed by atoms with Crippen molar-refractivity contribution in [3.8, 4) is 0 Å². The zero-order valence-corrected chi connectivity index (χ0v) is 9.98. The van der Waals surface area contributed by atoms with E-state index in [1.54, 1.807) is 0 Å². The van der Waals surface area contributed by atoms with Crippen molar-refractivity contribution in [3.05, 3.63) is 34.9 Å². The first-order chi connectivity index (χ1) is 8.62. The van der Waals surface area contributed by atoms with Crippen LogP contribution < -0.4 is 0 Å². The lowest BCUT2D eigenvalue weighted by molar-refractivity contribution is -0.141. The van der Waals surface area contributed by atoms with Crippen LogP contribution in [0.15, 0.2) is 18.2 Å². The van der Waals surface area contributed by atoms with Crippen molar-refractivity contribution >= 4 is 5.97 Å². The number of rotatable bonds is 4. The molecule has 0 aliphatic rings. The third kappa shape index (κ3) is 3.93. The molecule has 1 aromatic rings. The van der Waals surface area contributed by atoms with Gasteiger partial charge in [-0.3, -0.25) is 4.79 Å². The number of carbonyl (C=O) groups is 1.